The molecule has 0 aliphatic heterocycles. The summed E-state index contributed by atoms with van der Waals surface area (Å²) < 4.78 is 27.4. The van der Waals surface area contributed by atoms with Crippen LogP contribution in [0.25, 0.3) is 0 Å². The molecular weight excluding hydrogens is 260 g/mol. The van der Waals surface area contributed by atoms with Crippen LogP contribution >= 0.6 is 11.6 Å². The van der Waals surface area contributed by atoms with E-state index >= 15 is 0 Å². The third kappa shape index (κ3) is 3.71. The van der Waals surface area contributed by atoms with Gasteiger partial charge in [0.15, 0.2) is 0 Å². The van der Waals surface area contributed by atoms with Crippen molar-refractivity contribution >= 4 is 28.0 Å². The van der Waals surface area contributed by atoms with Crippen LogP contribution in [0.15, 0.2) is 27.5 Å². The summed E-state index contributed by atoms with van der Waals surface area (Å²) in [5.41, 5.74) is 0.910. The molecule has 94 valence electrons. The predicted octanol–water partition coefficient (Wildman–Crippen LogP) is 2.18. The molecule has 6 heteroatoms. The highest BCUT2D eigenvalue weighted by Crippen LogP contribution is 2.24. The van der Waals surface area contributed by atoms with Gasteiger partial charge in [-0.05, 0) is 24.1 Å². The van der Waals surface area contributed by atoms with Gasteiger partial charge < -0.3 is 4.90 Å². The predicted molar refractivity (Wildman–Crippen MR) is 70.2 cm³/mol. The molecule has 4 nitrogen and oxygen atoms in total. The molecule has 1 aromatic carbocycles. The molecule has 17 heavy (non-hydrogen) atoms. The number of hydrogen-bond acceptors (Lipinski definition) is 2. The first-order chi connectivity index (χ1) is 7.86. The first-order valence-corrected chi connectivity index (χ1v) is 6.94. The van der Waals surface area contributed by atoms with Gasteiger partial charge in [0.25, 0.3) is 10.0 Å². The van der Waals surface area contributed by atoms with Gasteiger partial charge in [0.2, 0.25) is 0 Å². The first-order valence-electron chi connectivity index (χ1n) is 5.12. The highest BCUT2D eigenvalue weighted by molar-refractivity contribution is 7.90. The van der Waals surface area contributed by atoms with E-state index in [9.17, 15) is 8.42 Å². The van der Waals surface area contributed by atoms with E-state index in [0.29, 0.717) is 0 Å². The Labute approximate surface area is 107 Å². The second-order valence-electron chi connectivity index (χ2n) is 3.78. The summed E-state index contributed by atoms with van der Waals surface area (Å²) >= 11 is 5.89. The first kappa shape index (κ1) is 14.0. The lowest BCUT2D eigenvalue weighted by Crippen LogP contribution is -2.10. The number of benzene rings is 1. The van der Waals surface area contributed by atoms with Gasteiger partial charge in [0.1, 0.15) is 11.2 Å². The standard InChI is InChI=1S/C11H15ClN2O2S/c1-4-9-5-6-10(12)11(7-9)17(15,16)13-8-14(2)3/h5-8H,4H2,1-3H3/b13-8+. The number of halogens is 1. The van der Waals surface area contributed by atoms with Crippen molar-refractivity contribution in [2.24, 2.45) is 4.40 Å². The van der Waals surface area contributed by atoms with Crippen LogP contribution in [-0.4, -0.2) is 33.8 Å². The number of nitrogens with zero attached hydrogens (tertiary/aromatic N) is 2. The van der Waals surface area contributed by atoms with Crippen molar-refractivity contribution in [2.75, 3.05) is 14.1 Å². The van der Waals surface area contributed by atoms with Gasteiger partial charge in [-0.3, -0.25) is 0 Å². The van der Waals surface area contributed by atoms with Crippen LogP contribution in [0, 0.1) is 0 Å². The lowest BCUT2D eigenvalue weighted by molar-refractivity contribution is 0.594. The fourth-order valence-corrected chi connectivity index (χ4v) is 2.63. The Kier molecular flexibility index (Phi) is 4.54. The quantitative estimate of drug-likeness (QED) is 0.625. The number of hydrogen-bond donors (Lipinski definition) is 0. The summed E-state index contributed by atoms with van der Waals surface area (Å²) in [5, 5.41) is 0.193. The Morgan fingerprint density at radius 1 is 1.41 bits per heavy atom. The maximum absolute atomic E-state index is 11.9. The highest BCUT2D eigenvalue weighted by atomic mass is 35.5. The second kappa shape index (κ2) is 5.51. The Balaban J connectivity index is 3.23. The zero-order valence-corrected chi connectivity index (χ0v) is 11.6. The normalized spacial score (nSPS) is 12.0. The van der Waals surface area contributed by atoms with Crippen LogP contribution in [0.3, 0.4) is 0 Å². The maximum atomic E-state index is 11.9. The molecule has 0 bridgehead atoms. The third-order valence-corrected chi connectivity index (χ3v) is 3.81. The molecule has 0 radical (unpaired) electrons. The molecule has 0 aliphatic rings. The Morgan fingerprint density at radius 3 is 2.59 bits per heavy atom. The van der Waals surface area contributed by atoms with Crippen LogP contribution in [0.4, 0.5) is 0 Å². The minimum absolute atomic E-state index is 0.0524. The molecule has 0 amide bonds. The molecule has 1 rings (SSSR count). The van der Waals surface area contributed by atoms with Gasteiger partial charge in [-0.1, -0.05) is 24.6 Å². The van der Waals surface area contributed by atoms with Crippen LogP contribution in [-0.2, 0) is 16.4 Å². The van der Waals surface area contributed by atoms with Crippen LogP contribution in [0.1, 0.15) is 12.5 Å². The zero-order valence-electron chi connectivity index (χ0n) is 10.0. The topological polar surface area (TPSA) is 49.7 Å². The summed E-state index contributed by atoms with van der Waals surface area (Å²) in [7, 11) is -0.328. The monoisotopic (exact) mass is 274 g/mol. The molecule has 0 aliphatic carbocycles. The minimum Gasteiger partial charge on any atom is -0.368 e. The fraction of sp³-hybridized carbons (Fsp3) is 0.364. The van der Waals surface area contributed by atoms with E-state index in [-0.39, 0.29) is 9.92 Å². The van der Waals surface area contributed by atoms with Crippen LogP contribution < -0.4 is 0 Å². The third-order valence-electron chi connectivity index (χ3n) is 2.10. The summed E-state index contributed by atoms with van der Waals surface area (Å²) in [5.74, 6) is 0. The van der Waals surface area contributed by atoms with E-state index in [0.717, 1.165) is 12.0 Å². The molecule has 0 saturated carbocycles. The van der Waals surface area contributed by atoms with E-state index in [1.165, 1.54) is 6.34 Å². The lowest BCUT2D eigenvalue weighted by atomic mass is 10.2. The molecule has 0 saturated heterocycles. The van der Waals surface area contributed by atoms with Gasteiger partial charge in [0.05, 0.1) is 5.02 Å². The van der Waals surface area contributed by atoms with Crippen molar-refractivity contribution < 1.29 is 8.42 Å². The van der Waals surface area contributed by atoms with Gasteiger partial charge in [-0.15, -0.1) is 4.40 Å². The fourth-order valence-electron chi connectivity index (χ4n) is 1.18. The molecule has 0 atom stereocenters. The molecular formula is C11H15ClN2O2S. The Morgan fingerprint density at radius 2 is 2.06 bits per heavy atom. The number of rotatable bonds is 4. The zero-order chi connectivity index (χ0) is 13.1. The summed E-state index contributed by atoms with van der Waals surface area (Å²) in [6.07, 6.45) is 1.99. The Bertz CT molecular complexity index is 524. The molecule has 0 fully saturated rings. The summed E-state index contributed by atoms with van der Waals surface area (Å²) in [6.45, 7) is 1.95. The van der Waals surface area contributed by atoms with Crippen LogP contribution in [0.5, 0.6) is 0 Å². The van der Waals surface area contributed by atoms with Crippen LogP contribution in [0.2, 0.25) is 5.02 Å². The van der Waals surface area contributed by atoms with Gasteiger partial charge in [0, 0.05) is 14.1 Å². The molecule has 0 heterocycles. The largest absolute Gasteiger partial charge is 0.368 e. The van der Waals surface area contributed by atoms with E-state index in [1.807, 2.05) is 6.92 Å². The average Bonchev–Trinajstić information content (AvgIpc) is 2.27. The molecule has 0 aromatic heterocycles. The second-order valence-corrected chi connectivity index (χ2v) is 5.79. The molecule has 1 aromatic rings. The van der Waals surface area contributed by atoms with Crippen molar-refractivity contribution in [3.63, 3.8) is 0 Å². The number of sulfonamides is 1. The summed E-state index contributed by atoms with van der Waals surface area (Å²) in [6, 6.07) is 4.94. The van der Waals surface area contributed by atoms with Gasteiger partial charge in [-0.2, -0.15) is 8.42 Å². The van der Waals surface area contributed by atoms with Crippen molar-refractivity contribution in [1.82, 2.24) is 4.90 Å². The lowest BCUT2D eigenvalue weighted by Gasteiger charge is -2.06. The van der Waals surface area contributed by atoms with Crippen molar-refractivity contribution in [3.8, 4) is 0 Å². The minimum atomic E-state index is -3.72. The van der Waals surface area contributed by atoms with Crippen molar-refractivity contribution in [2.45, 2.75) is 18.2 Å². The van der Waals surface area contributed by atoms with E-state index in [2.05, 4.69) is 4.40 Å². The van der Waals surface area contributed by atoms with Gasteiger partial charge in [-0.25, -0.2) is 0 Å². The number of aryl methyl sites for hydroxylation is 1. The van der Waals surface area contributed by atoms with E-state index in [4.69, 9.17) is 11.6 Å². The SMILES string of the molecule is CCc1ccc(Cl)c(S(=O)(=O)/N=C/N(C)C)c1. The highest BCUT2D eigenvalue weighted by Gasteiger charge is 2.16. The maximum Gasteiger partial charge on any atom is 0.285 e. The van der Waals surface area contributed by atoms with Crippen molar-refractivity contribution in [3.05, 3.63) is 28.8 Å². The Hall–Kier alpha value is -1.07. The average molecular weight is 275 g/mol. The van der Waals surface area contributed by atoms with Crippen molar-refractivity contribution in [1.29, 1.82) is 0 Å². The van der Waals surface area contributed by atoms with Gasteiger partial charge >= 0.3 is 0 Å². The molecule has 0 unspecified atom stereocenters. The summed E-state index contributed by atoms with van der Waals surface area (Å²) in [4.78, 5) is 1.60. The molecule has 0 N–H and O–H groups in total. The van der Waals surface area contributed by atoms with E-state index < -0.39 is 10.0 Å². The van der Waals surface area contributed by atoms with E-state index in [1.54, 1.807) is 37.2 Å². The molecule has 0 spiro atoms. The smallest absolute Gasteiger partial charge is 0.285 e.